The van der Waals surface area contributed by atoms with Gasteiger partial charge >= 0.3 is 0 Å². The van der Waals surface area contributed by atoms with Crippen LogP contribution in [0.2, 0.25) is 0 Å². The van der Waals surface area contributed by atoms with Crippen LogP contribution in [-0.4, -0.2) is 57.2 Å². The van der Waals surface area contributed by atoms with E-state index in [0.717, 1.165) is 62.7 Å². The summed E-state index contributed by atoms with van der Waals surface area (Å²) in [4.78, 5) is 39.8. The Hall–Kier alpha value is -0.690. The maximum atomic E-state index is 13.6. The number of aldehydes is 1. The second-order valence-electron chi connectivity index (χ2n) is 9.21. The van der Waals surface area contributed by atoms with Crippen molar-refractivity contribution >= 4 is 41.6 Å². The van der Waals surface area contributed by atoms with Crippen LogP contribution in [0.15, 0.2) is 0 Å². The highest BCUT2D eigenvalue weighted by Gasteiger charge is 2.50. The molecule has 1 spiro atoms. The molecule has 0 aromatic carbocycles. The van der Waals surface area contributed by atoms with Gasteiger partial charge in [-0.15, -0.1) is 23.5 Å². The van der Waals surface area contributed by atoms with Crippen LogP contribution >= 0.6 is 23.5 Å². The fraction of sp³-hybridized carbons (Fsp3) is 0.864. The SMILES string of the molecule is CC(C)CCCC(=O)N[C@H](C(=O)N1CC2(C[C@H]1C=O)SCCS2)C1CCCCC1. The van der Waals surface area contributed by atoms with Gasteiger partial charge in [0.05, 0.1) is 10.1 Å². The Labute approximate surface area is 183 Å². The normalized spacial score (nSPS) is 25.5. The van der Waals surface area contributed by atoms with Crippen molar-refractivity contribution in [2.24, 2.45) is 11.8 Å². The lowest BCUT2D eigenvalue weighted by Gasteiger charge is -2.34. The Morgan fingerprint density at radius 3 is 2.48 bits per heavy atom. The Morgan fingerprint density at radius 1 is 1.17 bits per heavy atom. The summed E-state index contributed by atoms with van der Waals surface area (Å²) in [6.45, 7) is 4.94. The summed E-state index contributed by atoms with van der Waals surface area (Å²) >= 11 is 3.78. The highest BCUT2D eigenvalue weighted by Crippen LogP contribution is 2.51. The van der Waals surface area contributed by atoms with Crippen LogP contribution in [0.3, 0.4) is 0 Å². The average Bonchev–Trinajstić information content (AvgIpc) is 3.32. The van der Waals surface area contributed by atoms with E-state index >= 15 is 0 Å². The molecule has 3 aliphatic rings. The van der Waals surface area contributed by atoms with Gasteiger partial charge in [-0.2, -0.15) is 0 Å². The van der Waals surface area contributed by atoms with Gasteiger partial charge in [0, 0.05) is 30.9 Å². The molecule has 0 bridgehead atoms. The van der Waals surface area contributed by atoms with E-state index in [-0.39, 0.29) is 27.9 Å². The summed E-state index contributed by atoms with van der Waals surface area (Å²) in [6, 6.07) is -0.833. The van der Waals surface area contributed by atoms with Gasteiger partial charge in [0.15, 0.2) is 0 Å². The van der Waals surface area contributed by atoms with Crippen molar-refractivity contribution in [3.8, 4) is 0 Å². The first-order chi connectivity index (χ1) is 13.9. The van der Waals surface area contributed by atoms with Gasteiger partial charge < -0.3 is 15.0 Å². The zero-order valence-electron chi connectivity index (χ0n) is 17.9. The number of rotatable bonds is 8. The number of nitrogens with one attached hydrogen (secondary N) is 1. The van der Waals surface area contributed by atoms with Crippen LogP contribution in [0.5, 0.6) is 0 Å². The van der Waals surface area contributed by atoms with Gasteiger partial charge in [-0.25, -0.2) is 0 Å². The van der Waals surface area contributed by atoms with Gasteiger partial charge in [0.1, 0.15) is 12.3 Å². The van der Waals surface area contributed by atoms with Gasteiger partial charge in [-0.3, -0.25) is 9.59 Å². The number of likely N-dealkylation sites (tertiary alicyclic amines) is 1. The first kappa shape index (κ1) is 23.0. The molecule has 2 aliphatic heterocycles. The Kier molecular flexibility index (Phi) is 8.37. The van der Waals surface area contributed by atoms with Gasteiger partial charge in [-0.05, 0) is 31.1 Å². The monoisotopic (exact) mass is 440 g/mol. The molecular formula is C22H36N2O3S2. The zero-order chi connectivity index (χ0) is 20.9. The molecule has 3 rings (SSSR count). The molecular weight excluding hydrogens is 404 g/mol. The topological polar surface area (TPSA) is 66.5 Å². The number of thioether (sulfide) groups is 2. The number of amides is 2. The summed E-state index contributed by atoms with van der Waals surface area (Å²) in [6.07, 6.45) is 9.42. The van der Waals surface area contributed by atoms with E-state index in [1.54, 1.807) is 4.90 Å². The molecule has 5 nitrogen and oxygen atoms in total. The van der Waals surface area contributed by atoms with Crippen molar-refractivity contribution < 1.29 is 14.4 Å². The quantitative estimate of drug-likeness (QED) is 0.581. The van der Waals surface area contributed by atoms with E-state index in [4.69, 9.17) is 0 Å². The van der Waals surface area contributed by atoms with Crippen molar-refractivity contribution in [3.05, 3.63) is 0 Å². The lowest BCUT2D eigenvalue weighted by molar-refractivity contribution is -0.140. The molecule has 2 amide bonds. The van der Waals surface area contributed by atoms with Crippen LogP contribution in [0.1, 0.15) is 71.6 Å². The molecule has 29 heavy (non-hydrogen) atoms. The fourth-order valence-electron chi connectivity index (χ4n) is 4.88. The molecule has 2 atom stereocenters. The number of hydrogen-bond donors (Lipinski definition) is 1. The molecule has 1 saturated carbocycles. The van der Waals surface area contributed by atoms with Crippen molar-refractivity contribution in [2.75, 3.05) is 18.1 Å². The molecule has 7 heteroatoms. The molecule has 1 N–H and O–H groups in total. The Morgan fingerprint density at radius 2 is 1.86 bits per heavy atom. The summed E-state index contributed by atoms with van der Waals surface area (Å²) in [5.41, 5.74) is 0. The average molecular weight is 441 g/mol. The number of hydrogen-bond acceptors (Lipinski definition) is 5. The largest absolute Gasteiger partial charge is 0.344 e. The number of carbonyl (C=O) groups is 3. The molecule has 1 aliphatic carbocycles. The third kappa shape index (κ3) is 5.93. The highest BCUT2D eigenvalue weighted by atomic mass is 32.2. The summed E-state index contributed by atoms with van der Waals surface area (Å²) in [5.74, 6) is 2.88. The maximum Gasteiger partial charge on any atom is 0.246 e. The predicted molar refractivity (Wildman–Crippen MR) is 121 cm³/mol. The molecule has 0 aromatic heterocycles. The summed E-state index contributed by atoms with van der Waals surface area (Å²) in [5, 5.41) is 3.10. The lowest BCUT2D eigenvalue weighted by Crippen LogP contribution is -2.54. The lowest BCUT2D eigenvalue weighted by atomic mass is 9.83. The first-order valence-electron chi connectivity index (χ1n) is 11.3. The molecule has 2 saturated heterocycles. The van der Waals surface area contributed by atoms with Gasteiger partial charge in [0.25, 0.3) is 0 Å². The van der Waals surface area contributed by atoms with E-state index in [1.807, 2.05) is 23.5 Å². The maximum absolute atomic E-state index is 13.6. The van der Waals surface area contributed by atoms with Crippen LogP contribution < -0.4 is 5.32 Å². The Bertz CT molecular complexity index is 587. The van der Waals surface area contributed by atoms with Crippen LogP contribution in [-0.2, 0) is 14.4 Å². The van der Waals surface area contributed by atoms with Crippen molar-refractivity contribution in [3.63, 3.8) is 0 Å². The molecule has 3 fully saturated rings. The fourth-order valence-corrected chi connectivity index (χ4v) is 8.17. The van der Waals surface area contributed by atoms with Crippen molar-refractivity contribution in [1.82, 2.24) is 10.2 Å². The number of nitrogens with zero attached hydrogens (tertiary/aromatic N) is 1. The number of carbonyl (C=O) groups excluding carboxylic acids is 3. The standard InChI is InChI=1S/C22H36N2O3S2/c1-16(2)7-6-10-19(26)23-20(17-8-4-3-5-9-17)21(27)24-15-22(13-18(24)14-25)28-11-12-29-22/h14,16-18,20H,3-13,15H2,1-2H3,(H,23,26)/t18-,20-/m0/s1. The third-order valence-corrected chi connectivity index (χ3v) is 9.90. The van der Waals surface area contributed by atoms with Gasteiger partial charge in [0.2, 0.25) is 11.8 Å². The zero-order valence-corrected chi connectivity index (χ0v) is 19.5. The van der Waals surface area contributed by atoms with E-state index < -0.39 is 6.04 Å². The van der Waals surface area contributed by atoms with E-state index in [1.165, 1.54) is 6.42 Å². The van der Waals surface area contributed by atoms with Crippen LogP contribution in [0.25, 0.3) is 0 Å². The van der Waals surface area contributed by atoms with Crippen LogP contribution in [0, 0.1) is 11.8 Å². The third-order valence-electron chi connectivity index (χ3n) is 6.47. The summed E-state index contributed by atoms with van der Waals surface area (Å²) < 4.78 is -0.0282. The minimum Gasteiger partial charge on any atom is -0.344 e. The molecule has 0 radical (unpaired) electrons. The predicted octanol–water partition coefficient (Wildman–Crippen LogP) is 3.85. The highest BCUT2D eigenvalue weighted by molar-refractivity contribution is 8.21. The smallest absolute Gasteiger partial charge is 0.246 e. The second kappa shape index (κ2) is 10.6. The molecule has 0 aromatic rings. The minimum atomic E-state index is -0.476. The molecule has 164 valence electrons. The van der Waals surface area contributed by atoms with Gasteiger partial charge in [-0.1, -0.05) is 39.5 Å². The summed E-state index contributed by atoms with van der Waals surface area (Å²) in [7, 11) is 0. The molecule has 0 unspecified atom stereocenters. The second-order valence-corrected chi connectivity index (χ2v) is 12.4. The van der Waals surface area contributed by atoms with Crippen molar-refractivity contribution in [1.29, 1.82) is 0 Å². The van der Waals surface area contributed by atoms with E-state index in [2.05, 4.69) is 19.2 Å². The van der Waals surface area contributed by atoms with E-state index in [9.17, 15) is 14.4 Å². The Balaban J connectivity index is 1.69. The minimum absolute atomic E-state index is 0.0178. The van der Waals surface area contributed by atoms with Crippen LogP contribution in [0.4, 0.5) is 0 Å². The van der Waals surface area contributed by atoms with Crippen molar-refractivity contribution in [2.45, 2.75) is 87.8 Å². The van der Waals surface area contributed by atoms with E-state index in [0.29, 0.717) is 18.9 Å². The first-order valence-corrected chi connectivity index (χ1v) is 13.2. The molecule has 2 heterocycles.